The smallest absolute Gasteiger partial charge is 0.290 e. The van der Waals surface area contributed by atoms with Crippen molar-refractivity contribution in [2.75, 3.05) is 18.5 Å². The fraction of sp³-hybridized carbons (Fsp3) is 0.182. The Labute approximate surface area is 191 Å². The van der Waals surface area contributed by atoms with Crippen LogP contribution in [0.5, 0.6) is 11.5 Å². The SMILES string of the molecule is Fc1ccc2c3c1CNc1c(cc(-c4ccc(Cl)cn4)c4nncn14)OC[C@H]3CO2.O=CO. The lowest BCUT2D eigenvalue weighted by Crippen LogP contribution is -2.13. The van der Waals surface area contributed by atoms with E-state index in [1.54, 1.807) is 29.1 Å². The second-order valence-electron chi connectivity index (χ2n) is 7.37. The Bertz CT molecular complexity index is 1350. The third-order valence-corrected chi connectivity index (χ3v) is 5.75. The first-order chi connectivity index (χ1) is 16.1. The van der Waals surface area contributed by atoms with E-state index in [-0.39, 0.29) is 24.8 Å². The Balaban J connectivity index is 0.000000724. The molecule has 0 aliphatic carbocycles. The summed E-state index contributed by atoms with van der Waals surface area (Å²) < 4.78 is 28.4. The minimum atomic E-state index is -0.262. The van der Waals surface area contributed by atoms with Crippen LogP contribution in [0.1, 0.15) is 17.0 Å². The number of benzene rings is 1. The van der Waals surface area contributed by atoms with Gasteiger partial charge in [-0.15, -0.1) is 10.2 Å². The van der Waals surface area contributed by atoms with Crippen LogP contribution >= 0.6 is 11.6 Å². The summed E-state index contributed by atoms with van der Waals surface area (Å²) in [5.74, 6) is 1.67. The van der Waals surface area contributed by atoms with E-state index in [2.05, 4.69) is 20.5 Å². The maximum Gasteiger partial charge on any atom is 0.290 e. The molecule has 0 bridgehead atoms. The second kappa shape index (κ2) is 8.55. The Morgan fingerprint density at radius 2 is 2.00 bits per heavy atom. The van der Waals surface area contributed by atoms with E-state index >= 15 is 0 Å². The topological polar surface area (TPSA) is 111 Å². The summed E-state index contributed by atoms with van der Waals surface area (Å²) in [4.78, 5) is 12.8. The monoisotopic (exact) mass is 469 g/mol. The molecule has 2 N–H and O–H groups in total. The molecule has 0 saturated heterocycles. The Morgan fingerprint density at radius 1 is 1.21 bits per heavy atom. The molecular formula is C22H17ClFN5O4. The quantitative estimate of drug-likeness (QED) is 0.405. The van der Waals surface area contributed by atoms with Crippen LogP contribution in [-0.4, -0.2) is 44.4 Å². The standard InChI is InChI=1S/C21H15ClFN5O2.CH2O2/c22-12-1-3-16(24-6-12)13-5-18-21(28-10-26-27-20(13)28)25-7-14-15(23)2-4-17-19(14)11(8-29-17)9-30-18;2-1-3/h1-6,10-11,25H,7-9H2;1H,(H,2,3)/t11-;/m1./s1. The number of ether oxygens (including phenoxy) is 2. The zero-order valence-corrected chi connectivity index (χ0v) is 17.8. The molecule has 1 atom stereocenters. The average molecular weight is 470 g/mol. The maximum absolute atomic E-state index is 14.7. The van der Waals surface area contributed by atoms with E-state index in [4.69, 9.17) is 31.0 Å². The van der Waals surface area contributed by atoms with E-state index in [0.29, 0.717) is 52.5 Å². The van der Waals surface area contributed by atoms with Gasteiger partial charge in [0, 0.05) is 29.4 Å². The zero-order chi connectivity index (χ0) is 22.9. The molecule has 0 radical (unpaired) electrons. The van der Waals surface area contributed by atoms with Gasteiger partial charge in [0.1, 0.15) is 17.9 Å². The Morgan fingerprint density at radius 3 is 2.76 bits per heavy atom. The van der Waals surface area contributed by atoms with Crippen LogP contribution in [0.3, 0.4) is 0 Å². The van der Waals surface area contributed by atoms with Crippen molar-refractivity contribution < 1.29 is 23.8 Å². The van der Waals surface area contributed by atoms with Crippen LogP contribution in [0.25, 0.3) is 16.9 Å². The number of carbonyl (C=O) groups is 1. The lowest BCUT2D eigenvalue weighted by atomic mass is 9.96. The van der Waals surface area contributed by atoms with Crippen LogP contribution in [0.4, 0.5) is 10.2 Å². The molecule has 2 aliphatic heterocycles. The molecule has 33 heavy (non-hydrogen) atoms. The highest BCUT2D eigenvalue weighted by Gasteiger charge is 2.31. The number of nitrogens with zero attached hydrogens (tertiary/aromatic N) is 4. The second-order valence-corrected chi connectivity index (χ2v) is 7.81. The number of pyridine rings is 2. The lowest BCUT2D eigenvalue weighted by molar-refractivity contribution is -0.122. The van der Waals surface area contributed by atoms with Gasteiger partial charge in [-0.2, -0.15) is 0 Å². The number of rotatable bonds is 1. The van der Waals surface area contributed by atoms with Crippen molar-refractivity contribution in [3.05, 3.63) is 64.8 Å². The molecule has 3 aromatic heterocycles. The molecule has 2 aliphatic rings. The van der Waals surface area contributed by atoms with E-state index in [9.17, 15) is 4.39 Å². The summed E-state index contributed by atoms with van der Waals surface area (Å²) in [6.07, 6.45) is 3.18. The summed E-state index contributed by atoms with van der Waals surface area (Å²) >= 11 is 5.99. The molecule has 9 nitrogen and oxygen atoms in total. The first kappa shape index (κ1) is 21.0. The summed E-state index contributed by atoms with van der Waals surface area (Å²) in [7, 11) is 0. The van der Waals surface area contributed by atoms with E-state index in [1.807, 2.05) is 12.1 Å². The number of fused-ring (bicyclic) bond motifs is 3. The van der Waals surface area contributed by atoms with Crippen molar-refractivity contribution in [2.45, 2.75) is 12.5 Å². The molecule has 0 unspecified atom stereocenters. The normalized spacial score (nSPS) is 15.9. The molecular weight excluding hydrogens is 453 g/mol. The van der Waals surface area contributed by atoms with Gasteiger partial charge in [0.25, 0.3) is 6.47 Å². The van der Waals surface area contributed by atoms with Crippen molar-refractivity contribution in [2.24, 2.45) is 0 Å². The maximum atomic E-state index is 14.7. The Kier molecular flexibility index (Phi) is 5.43. The van der Waals surface area contributed by atoms with Crippen LogP contribution in [0, 0.1) is 5.82 Å². The summed E-state index contributed by atoms with van der Waals surface area (Å²) in [5.41, 5.74) is 3.53. The van der Waals surface area contributed by atoms with Crippen molar-refractivity contribution in [3.63, 3.8) is 0 Å². The predicted molar refractivity (Wildman–Crippen MR) is 117 cm³/mol. The van der Waals surface area contributed by atoms with Gasteiger partial charge in [0.05, 0.1) is 29.8 Å². The molecule has 4 aromatic rings. The average Bonchev–Trinajstić information content (AvgIpc) is 3.46. The van der Waals surface area contributed by atoms with Crippen LogP contribution in [0.2, 0.25) is 5.02 Å². The number of nitrogens with one attached hydrogen (secondary N) is 1. The molecule has 11 heteroatoms. The predicted octanol–water partition coefficient (Wildman–Crippen LogP) is 3.77. The highest BCUT2D eigenvalue weighted by Crippen LogP contribution is 2.41. The molecule has 0 saturated carbocycles. The van der Waals surface area contributed by atoms with Gasteiger partial charge in [-0.25, -0.2) is 4.39 Å². The van der Waals surface area contributed by atoms with E-state index in [1.165, 1.54) is 6.07 Å². The van der Waals surface area contributed by atoms with Gasteiger partial charge in [-0.3, -0.25) is 14.2 Å². The molecule has 5 heterocycles. The van der Waals surface area contributed by atoms with Crippen molar-refractivity contribution in [1.29, 1.82) is 0 Å². The molecule has 0 spiro atoms. The summed E-state index contributed by atoms with van der Waals surface area (Å²) in [6.45, 7) is 0.859. The molecule has 1 aromatic carbocycles. The lowest BCUT2D eigenvalue weighted by Gasteiger charge is -2.16. The number of carboxylic acid groups (broad SMARTS) is 1. The molecule has 168 valence electrons. The van der Waals surface area contributed by atoms with Crippen LogP contribution in [0.15, 0.2) is 42.9 Å². The third kappa shape index (κ3) is 3.68. The number of hydrogen-bond donors (Lipinski definition) is 2. The first-order valence-corrected chi connectivity index (χ1v) is 10.4. The van der Waals surface area contributed by atoms with Gasteiger partial charge in [0.2, 0.25) is 0 Å². The fourth-order valence-electron chi connectivity index (χ4n) is 4.11. The van der Waals surface area contributed by atoms with E-state index in [0.717, 1.165) is 11.1 Å². The summed E-state index contributed by atoms with van der Waals surface area (Å²) in [6, 6.07) is 8.60. The molecule has 0 amide bonds. The minimum absolute atomic E-state index is 0.0489. The number of hydrogen-bond acceptors (Lipinski definition) is 7. The highest BCUT2D eigenvalue weighted by molar-refractivity contribution is 6.30. The minimum Gasteiger partial charge on any atom is -0.493 e. The summed E-state index contributed by atoms with van der Waals surface area (Å²) in [5, 5.41) is 19.1. The third-order valence-electron chi connectivity index (χ3n) is 5.52. The zero-order valence-electron chi connectivity index (χ0n) is 17.0. The highest BCUT2D eigenvalue weighted by atomic mass is 35.5. The van der Waals surface area contributed by atoms with E-state index < -0.39 is 0 Å². The van der Waals surface area contributed by atoms with Crippen LogP contribution in [-0.2, 0) is 11.3 Å². The van der Waals surface area contributed by atoms with Crippen molar-refractivity contribution in [3.8, 4) is 22.8 Å². The van der Waals surface area contributed by atoms with Gasteiger partial charge >= 0.3 is 0 Å². The van der Waals surface area contributed by atoms with Gasteiger partial charge in [0.15, 0.2) is 17.2 Å². The first-order valence-electron chi connectivity index (χ1n) is 9.98. The van der Waals surface area contributed by atoms with Crippen LogP contribution < -0.4 is 14.8 Å². The Hall–Kier alpha value is -3.92. The fourth-order valence-corrected chi connectivity index (χ4v) is 4.22. The number of anilines is 1. The molecule has 0 fully saturated rings. The van der Waals surface area contributed by atoms with Gasteiger partial charge in [-0.05, 0) is 30.3 Å². The number of aromatic nitrogens is 4. The van der Waals surface area contributed by atoms with Crippen molar-refractivity contribution in [1.82, 2.24) is 19.6 Å². The number of halogens is 2. The van der Waals surface area contributed by atoms with Gasteiger partial charge in [-0.1, -0.05) is 11.6 Å². The largest absolute Gasteiger partial charge is 0.493 e. The van der Waals surface area contributed by atoms with Gasteiger partial charge < -0.3 is 19.9 Å². The van der Waals surface area contributed by atoms with Crippen molar-refractivity contribution >= 4 is 29.5 Å². The molecule has 6 rings (SSSR count).